The summed E-state index contributed by atoms with van der Waals surface area (Å²) in [5.74, 6) is 0.808. The van der Waals surface area contributed by atoms with E-state index in [1.165, 1.54) is 0 Å². The van der Waals surface area contributed by atoms with E-state index >= 15 is 0 Å². The van der Waals surface area contributed by atoms with E-state index in [0.29, 0.717) is 5.75 Å². The number of ketones is 1. The number of hydrogen-bond donors (Lipinski definition) is 0. The first-order valence-electron chi connectivity index (χ1n) is 6.23. The molecule has 5 heteroatoms. The first-order chi connectivity index (χ1) is 9.36. The minimum Gasteiger partial charge on any atom is -0.486 e. The predicted octanol–water partition coefficient (Wildman–Crippen LogP) is 5.20. The van der Waals surface area contributed by atoms with Gasteiger partial charge < -0.3 is 4.74 Å². The number of ether oxygens (including phenoxy) is 1. The van der Waals surface area contributed by atoms with E-state index in [1.54, 1.807) is 20.7 Å². The first-order valence-corrected chi connectivity index (χ1v) is 8.79. The summed E-state index contributed by atoms with van der Waals surface area (Å²) in [5.41, 5.74) is 0.759. The van der Waals surface area contributed by atoms with E-state index in [0.717, 1.165) is 14.3 Å². The van der Waals surface area contributed by atoms with Crippen LogP contribution in [0, 0.1) is 9.24 Å². The Morgan fingerprint density at radius 1 is 1.20 bits per heavy atom. The van der Waals surface area contributed by atoms with Crippen LogP contribution < -0.4 is 4.74 Å². The van der Waals surface area contributed by atoms with E-state index in [9.17, 15) is 4.79 Å². The van der Waals surface area contributed by atoms with Crippen molar-refractivity contribution in [1.82, 2.24) is 0 Å². The molecule has 1 aromatic heterocycles. The molecule has 106 valence electrons. The molecule has 0 atom stereocenters. The van der Waals surface area contributed by atoms with Gasteiger partial charge in [0.05, 0.1) is 0 Å². The fourth-order valence-corrected chi connectivity index (χ4v) is 3.86. The largest absolute Gasteiger partial charge is 0.486 e. The topological polar surface area (TPSA) is 26.3 Å². The Balaban J connectivity index is 2.02. The molecule has 0 spiro atoms. The Bertz CT molecular complexity index is 645. The number of rotatable bonds is 4. The van der Waals surface area contributed by atoms with Crippen LogP contribution in [-0.4, -0.2) is 12.4 Å². The zero-order valence-corrected chi connectivity index (χ0v) is 14.1. The maximum absolute atomic E-state index is 11.8. The summed E-state index contributed by atoms with van der Waals surface area (Å²) in [6.07, 6.45) is 0. The molecule has 0 aliphatic carbocycles. The maximum Gasteiger partial charge on any atom is 0.175 e. The van der Waals surface area contributed by atoms with E-state index in [-0.39, 0.29) is 17.8 Å². The molecule has 0 amide bonds. The second-order valence-corrected chi connectivity index (χ2v) is 8.39. The number of carbonyl (C=O) groups is 1. The third kappa shape index (κ3) is 3.98. The Morgan fingerprint density at radius 3 is 2.35 bits per heavy atom. The second-order valence-electron chi connectivity index (χ2n) is 5.48. The monoisotopic (exact) mass is 324 g/mol. The standard InChI is InChI=1S/C15H16O2S3/c1-15(2,3)13(16)9-17-11-6-4-10(5-7-11)12-8-14(18)20-19-12/h4-8H,9H2,1-3H3. The van der Waals surface area contributed by atoms with E-state index in [4.69, 9.17) is 17.0 Å². The fourth-order valence-electron chi connectivity index (χ4n) is 1.45. The van der Waals surface area contributed by atoms with Gasteiger partial charge in [-0.05, 0) is 35.9 Å². The Kier molecular flexibility index (Phi) is 4.73. The van der Waals surface area contributed by atoms with Gasteiger partial charge in [0.15, 0.2) is 5.78 Å². The summed E-state index contributed by atoms with van der Waals surface area (Å²) in [5, 5.41) is 0. The van der Waals surface area contributed by atoms with Gasteiger partial charge in [-0.2, -0.15) is 0 Å². The molecular weight excluding hydrogens is 308 g/mol. The highest BCUT2D eigenvalue weighted by Gasteiger charge is 2.21. The normalized spacial score (nSPS) is 11.3. The summed E-state index contributed by atoms with van der Waals surface area (Å²) >= 11 is 5.13. The SMILES string of the molecule is CC(C)(C)C(=O)COc1ccc(-c2cc(=S)ss2)cc1. The van der Waals surface area contributed by atoms with Gasteiger partial charge in [-0.25, -0.2) is 0 Å². The molecule has 0 aliphatic heterocycles. The van der Waals surface area contributed by atoms with Crippen molar-refractivity contribution in [2.75, 3.05) is 6.61 Å². The van der Waals surface area contributed by atoms with E-state index in [1.807, 2.05) is 51.1 Å². The molecular formula is C15H16O2S3. The highest BCUT2D eigenvalue weighted by molar-refractivity contribution is 7.80. The Labute approximate surface area is 131 Å². The molecule has 0 unspecified atom stereocenters. The van der Waals surface area contributed by atoms with Crippen molar-refractivity contribution in [3.8, 4) is 16.2 Å². The number of benzene rings is 1. The van der Waals surface area contributed by atoms with Crippen LogP contribution in [0.1, 0.15) is 20.8 Å². The third-order valence-corrected chi connectivity index (χ3v) is 5.72. The highest BCUT2D eigenvalue weighted by Crippen LogP contribution is 2.30. The van der Waals surface area contributed by atoms with Gasteiger partial charge in [0, 0.05) is 10.3 Å². The summed E-state index contributed by atoms with van der Waals surface area (Å²) in [6.45, 7) is 5.80. The maximum atomic E-state index is 11.8. The van der Waals surface area contributed by atoms with E-state index in [2.05, 4.69) is 0 Å². The van der Waals surface area contributed by atoms with Gasteiger partial charge in [0.2, 0.25) is 0 Å². The summed E-state index contributed by atoms with van der Waals surface area (Å²) in [4.78, 5) is 13.0. The molecule has 0 aliphatic rings. The lowest BCUT2D eigenvalue weighted by molar-refractivity contribution is -0.128. The van der Waals surface area contributed by atoms with Crippen molar-refractivity contribution in [1.29, 1.82) is 0 Å². The van der Waals surface area contributed by atoms with Crippen LogP contribution >= 0.6 is 32.9 Å². The lowest BCUT2D eigenvalue weighted by Crippen LogP contribution is -2.26. The van der Waals surface area contributed by atoms with Crippen LogP contribution in [0.3, 0.4) is 0 Å². The van der Waals surface area contributed by atoms with Gasteiger partial charge in [0.25, 0.3) is 0 Å². The fraction of sp³-hybridized carbons (Fsp3) is 0.333. The smallest absolute Gasteiger partial charge is 0.175 e. The van der Waals surface area contributed by atoms with Crippen LogP contribution in [0.4, 0.5) is 0 Å². The molecule has 20 heavy (non-hydrogen) atoms. The van der Waals surface area contributed by atoms with Crippen molar-refractivity contribution in [3.63, 3.8) is 0 Å². The summed E-state index contributed by atoms with van der Waals surface area (Å²) < 4.78 is 6.43. The van der Waals surface area contributed by atoms with Crippen molar-refractivity contribution < 1.29 is 9.53 Å². The average molecular weight is 324 g/mol. The molecule has 2 nitrogen and oxygen atoms in total. The van der Waals surface area contributed by atoms with E-state index < -0.39 is 0 Å². The molecule has 1 heterocycles. The van der Waals surface area contributed by atoms with Crippen LogP contribution in [0.15, 0.2) is 30.3 Å². The number of carbonyl (C=O) groups excluding carboxylic acids is 1. The van der Waals surface area contributed by atoms with Crippen LogP contribution in [-0.2, 0) is 4.79 Å². The molecule has 2 aromatic rings. The lowest BCUT2D eigenvalue weighted by Gasteiger charge is -2.16. The molecule has 2 rings (SSSR count). The zero-order chi connectivity index (χ0) is 14.8. The van der Waals surface area contributed by atoms with Gasteiger partial charge in [0.1, 0.15) is 16.2 Å². The van der Waals surface area contributed by atoms with Crippen LogP contribution in [0.25, 0.3) is 10.4 Å². The van der Waals surface area contributed by atoms with Gasteiger partial charge >= 0.3 is 0 Å². The van der Waals surface area contributed by atoms with Crippen molar-refractivity contribution in [2.24, 2.45) is 5.41 Å². The van der Waals surface area contributed by atoms with Crippen LogP contribution in [0.5, 0.6) is 5.75 Å². The minimum absolute atomic E-state index is 0.0948. The molecule has 0 radical (unpaired) electrons. The molecule has 0 saturated carbocycles. The van der Waals surface area contributed by atoms with Gasteiger partial charge in [-0.3, -0.25) is 4.79 Å². The highest BCUT2D eigenvalue weighted by atomic mass is 32.9. The van der Waals surface area contributed by atoms with Crippen LogP contribution in [0.2, 0.25) is 0 Å². The predicted molar refractivity (Wildman–Crippen MR) is 88.4 cm³/mol. The van der Waals surface area contributed by atoms with Crippen molar-refractivity contribution in [2.45, 2.75) is 20.8 Å². The Hall–Kier alpha value is -1.04. The molecule has 0 bridgehead atoms. The molecule has 0 saturated heterocycles. The van der Waals surface area contributed by atoms with Gasteiger partial charge in [-0.15, -0.1) is 0 Å². The molecule has 0 N–H and O–H groups in total. The summed E-state index contributed by atoms with van der Waals surface area (Å²) in [7, 11) is 3.27. The molecule has 0 fully saturated rings. The minimum atomic E-state index is -0.363. The molecule has 1 aromatic carbocycles. The quantitative estimate of drug-likeness (QED) is 0.571. The number of hydrogen-bond acceptors (Lipinski definition) is 5. The van der Waals surface area contributed by atoms with Crippen molar-refractivity contribution in [3.05, 3.63) is 34.2 Å². The second kappa shape index (κ2) is 6.16. The average Bonchev–Trinajstić information content (AvgIpc) is 2.82. The zero-order valence-electron chi connectivity index (χ0n) is 11.6. The Morgan fingerprint density at radius 2 is 1.85 bits per heavy atom. The van der Waals surface area contributed by atoms with Crippen molar-refractivity contribution >= 4 is 38.7 Å². The van der Waals surface area contributed by atoms with Gasteiger partial charge in [-0.1, -0.05) is 53.7 Å². The number of Topliss-reactive ketones (excluding diaryl/α,β-unsaturated/α-hetero) is 1. The first kappa shape index (κ1) is 15.4. The summed E-state index contributed by atoms with van der Waals surface area (Å²) in [6, 6.07) is 9.76. The lowest BCUT2D eigenvalue weighted by atomic mass is 9.91. The third-order valence-electron chi connectivity index (χ3n) is 2.81.